The van der Waals surface area contributed by atoms with E-state index in [1.54, 1.807) is 0 Å². The van der Waals surface area contributed by atoms with Gasteiger partial charge in [0.05, 0.1) is 5.94 Å². The molecule has 0 bridgehead atoms. The molecule has 1 aliphatic heterocycles. The summed E-state index contributed by atoms with van der Waals surface area (Å²) in [7, 11) is -1.51. The van der Waals surface area contributed by atoms with Gasteiger partial charge in [0.15, 0.2) is 0 Å². The topological polar surface area (TPSA) is 86.8 Å². The minimum absolute atomic E-state index is 0.233. The van der Waals surface area contributed by atoms with E-state index < -0.39 is 19.1 Å². The predicted molar refractivity (Wildman–Crippen MR) is 85.3 cm³/mol. The van der Waals surface area contributed by atoms with Gasteiger partial charge in [-0.25, -0.2) is 0 Å². The van der Waals surface area contributed by atoms with Gasteiger partial charge in [-0.15, -0.1) is 0 Å². The summed E-state index contributed by atoms with van der Waals surface area (Å²) in [6.45, 7) is 8.76. The van der Waals surface area contributed by atoms with Crippen molar-refractivity contribution in [2.75, 3.05) is 6.54 Å². The maximum atomic E-state index is 12.5. The van der Waals surface area contributed by atoms with Crippen LogP contribution in [0.5, 0.6) is 0 Å². The summed E-state index contributed by atoms with van der Waals surface area (Å²) < 4.78 is 0. The Balaban J connectivity index is 2.69. The van der Waals surface area contributed by atoms with Gasteiger partial charge in [-0.1, -0.05) is 45.3 Å². The first kappa shape index (κ1) is 18.2. The van der Waals surface area contributed by atoms with Gasteiger partial charge in [0.2, 0.25) is 5.91 Å². The van der Waals surface area contributed by atoms with Crippen molar-refractivity contribution in [2.24, 2.45) is 11.7 Å². The first-order chi connectivity index (χ1) is 9.92. The fourth-order valence-corrected chi connectivity index (χ4v) is 2.97. The van der Waals surface area contributed by atoms with E-state index in [4.69, 9.17) is 5.73 Å². The molecule has 6 heteroatoms. The quantitative estimate of drug-likeness (QED) is 0.485. The smallest absolute Gasteiger partial charge is 0.426 e. The Hall–Kier alpha value is -0.845. The molecular formula is C15H29BN2O3. The van der Waals surface area contributed by atoms with Gasteiger partial charge in [0.25, 0.3) is 0 Å². The van der Waals surface area contributed by atoms with Crippen LogP contribution in [-0.4, -0.2) is 46.5 Å². The third-order valence-corrected chi connectivity index (χ3v) is 4.59. The predicted octanol–water partition coefficient (Wildman–Crippen LogP) is 1.09. The van der Waals surface area contributed by atoms with Crippen molar-refractivity contribution in [3.05, 3.63) is 12.2 Å². The van der Waals surface area contributed by atoms with Crippen molar-refractivity contribution >= 4 is 13.0 Å². The molecule has 2 atom stereocenters. The Labute approximate surface area is 128 Å². The Morgan fingerprint density at radius 1 is 1.38 bits per heavy atom. The average Bonchev–Trinajstić information content (AvgIpc) is 2.50. The van der Waals surface area contributed by atoms with Crippen LogP contribution in [-0.2, 0) is 4.79 Å². The summed E-state index contributed by atoms with van der Waals surface area (Å²) in [6, 6.07) is -0.745. The van der Waals surface area contributed by atoms with Gasteiger partial charge < -0.3 is 20.7 Å². The number of carbonyl (C=O) groups excluding carboxylic acids is 1. The maximum Gasteiger partial charge on any atom is 0.475 e. The Morgan fingerprint density at radius 3 is 2.52 bits per heavy atom. The molecule has 0 aromatic rings. The number of likely N-dealkylation sites (tertiary alicyclic amines) is 1. The lowest BCUT2D eigenvalue weighted by atomic mass is 9.73. The molecule has 1 fully saturated rings. The lowest BCUT2D eigenvalue weighted by molar-refractivity contribution is -0.134. The lowest BCUT2D eigenvalue weighted by Gasteiger charge is -2.37. The van der Waals surface area contributed by atoms with E-state index in [2.05, 4.69) is 20.4 Å². The van der Waals surface area contributed by atoms with Crippen molar-refractivity contribution in [2.45, 2.75) is 64.4 Å². The SMILES string of the molecule is C=C(CC(CC)CC)[C@H](N)C(=O)N1CCCC[C@H]1B(O)O. The van der Waals surface area contributed by atoms with Crippen LogP contribution >= 0.6 is 0 Å². The molecule has 0 aliphatic carbocycles. The summed E-state index contributed by atoms with van der Waals surface area (Å²) in [4.78, 5) is 14.1. The number of piperidine rings is 1. The highest BCUT2D eigenvalue weighted by Crippen LogP contribution is 2.23. The van der Waals surface area contributed by atoms with Gasteiger partial charge >= 0.3 is 7.12 Å². The molecular weight excluding hydrogens is 267 g/mol. The van der Waals surface area contributed by atoms with Gasteiger partial charge in [-0.3, -0.25) is 4.79 Å². The van der Waals surface area contributed by atoms with E-state index in [0.717, 1.165) is 37.7 Å². The van der Waals surface area contributed by atoms with E-state index in [1.165, 1.54) is 4.90 Å². The molecule has 0 aromatic heterocycles. The van der Waals surface area contributed by atoms with E-state index in [1.807, 2.05) is 0 Å². The Kier molecular flexibility index (Phi) is 7.42. The first-order valence-electron chi connectivity index (χ1n) is 8.02. The molecule has 0 aromatic carbocycles. The van der Waals surface area contributed by atoms with Gasteiger partial charge in [-0.2, -0.15) is 0 Å². The summed E-state index contributed by atoms with van der Waals surface area (Å²) in [5, 5.41) is 18.9. The van der Waals surface area contributed by atoms with E-state index in [9.17, 15) is 14.8 Å². The zero-order valence-electron chi connectivity index (χ0n) is 13.3. The van der Waals surface area contributed by atoms with Gasteiger partial charge in [0.1, 0.15) is 6.04 Å². The molecule has 0 unspecified atom stereocenters. The zero-order chi connectivity index (χ0) is 16.0. The van der Waals surface area contributed by atoms with Crippen LogP contribution in [0.15, 0.2) is 12.2 Å². The van der Waals surface area contributed by atoms with Crippen molar-refractivity contribution in [3.63, 3.8) is 0 Å². The summed E-state index contributed by atoms with van der Waals surface area (Å²) in [6.07, 6.45) is 5.21. The molecule has 1 rings (SSSR count). The highest BCUT2D eigenvalue weighted by atomic mass is 16.4. The molecule has 4 N–H and O–H groups in total. The monoisotopic (exact) mass is 296 g/mol. The largest absolute Gasteiger partial charge is 0.475 e. The van der Waals surface area contributed by atoms with Gasteiger partial charge in [0, 0.05) is 6.54 Å². The van der Waals surface area contributed by atoms with Crippen LogP contribution in [0.3, 0.4) is 0 Å². The summed E-state index contributed by atoms with van der Waals surface area (Å²) in [5.41, 5.74) is 6.80. The van der Waals surface area contributed by atoms with Crippen LogP contribution in [0.2, 0.25) is 0 Å². The third-order valence-electron chi connectivity index (χ3n) is 4.59. The third kappa shape index (κ3) is 4.83. The lowest BCUT2D eigenvalue weighted by Crippen LogP contribution is -2.56. The number of nitrogens with zero attached hydrogens (tertiary/aromatic N) is 1. The fraction of sp³-hybridized carbons (Fsp3) is 0.800. The van der Waals surface area contributed by atoms with Crippen molar-refractivity contribution < 1.29 is 14.8 Å². The molecule has 1 heterocycles. The number of hydrogen-bond donors (Lipinski definition) is 3. The Bertz CT molecular complexity index is 359. The minimum Gasteiger partial charge on any atom is -0.426 e. The van der Waals surface area contributed by atoms with E-state index in [0.29, 0.717) is 18.9 Å². The molecule has 0 saturated carbocycles. The highest BCUT2D eigenvalue weighted by molar-refractivity contribution is 6.43. The minimum atomic E-state index is -1.51. The average molecular weight is 296 g/mol. The van der Waals surface area contributed by atoms with Crippen LogP contribution in [0.1, 0.15) is 52.4 Å². The number of amides is 1. The number of carbonyl (C=O) groups is 1. The number of nitrogens with two attached hydrogens (primary N) is 1. The number of hydrogen-bond acceptors (Lipinski definition) is 4. The molecule has 1 saturated heterocycles. The molecule has 21 heavy (non-hydrogen) atoms. The standard InChI is InChI=1S/C15H29BN2O3/c1-4-12(5-2)10-11(3)14(17)15(19)18-9-7-6-8-13(18)16(20)21/h12-14,20-21H,3-10,17H2,1-2H3/t13-,14-/m0/s1. The van der Waals surface area contributed by atoms with Crippen LogP contribution in [0.25, 0.3) is 0 Å². The molecule has 1 aliphatic rings. The Morgan fingerprint density at radius 2 is 2.00 bits per heavy atom. The summed E-state index contributed by atoms with van der Waals surface area (Å²) >= 11 is 0. The van der Waals surface area contributed by atoms with E-state index in [-0.39, 0.29) is 5.91 Å². The second-order valence-corrected chi connectivity index (χ2v) is 6.03. The number of rotatable bonds is 7. The maximum absolute atomic E-state index is 12.5. The first-order valence-corrected chi connectivity index (χ1v) is 8.02. The van der Waals surface area contributed by atoms with Gasteiger partial charge in [-0.05, 0) is 25.2 Å². The summed E-state index contributed by atoms with van der Waals surface area (Å²) in [5.74, 6) is -0.279. The van der Waals surface area contributed by atoms with Crippen LogP contribution in [0, 0.1) is 5.92 Å². The second kappa shape index (κ2) is 8.56. The van der Waals surface area contributed by atoms with Crippen LogP contribution in [0.4, 0.5) is 0 Å². The van der Waals surface area contributed by atoms with Crippen molar-refractivity contribution in [1.29, 1.82) is 0 Å². The zero-order valence-corrected chi connectivity index (χ0v) is 13.3. The van der Waals surface area contributed by atoms with Crippen molar-refractivity contribution in [1.82, 2.24) is 4.90 Å². The highest BCUT2D eigenvalue weighted by Gasteiger charge is 2.37. The van der Waals surface area contributed by atoms with E-state index >= 15 is 0 Å². The fourth-order valence-electron chi connectivity index (χ4n) is 2.97. The second-order valence-electron chi connectivity index (χ2n) is 6.03. The normalized spacial score (nSPS) is 20.5. The van der Waals surface area contributed by atoms with Crippen molar-refractivity contribution in [3.8, 4) is 0 Å². The molecule has 5 nitrogen and oxygen atoms in total. The molecule has 1 amide bonds. The molecule has 120 valence electrons. The molecule has 0 spiro atoms. The molecule has 0 radical (unpaired) electrons. The van der Waals surface area contributed by atoms with Crippen LogP contribution < -0.4 is 5.73 Å².